The van der Waals surface area contributed by atoms with E-state index in [0.29, 0.717) is 10.1 Å². The van der Waals surface area contributed by atoms with Crippen molar-refractivity contribution in [3.63, 3.8) is 0 Å². The molecule has 72 valence electrons. The van der Waals surface area contributed by atoms with Crippen LogP contribution in [0.15, 0.2) is 22.0 Å². The first-order valence-corrected chi connectivity index (χ1v) is 5.43. The van der Waals surface area contributed by atoms with E-state index in [1.165, 1.54) is 11.3 Å². The minimum absolute atomic E-state index is 0.189. The van der Waals surface area contributed by atoms with Crippen LogP contribution in [-0.2, 0) is 0 Å². The number of halogens is 2. The van der Waals surface area contributed by atoms with E-state index in [4.69, 9.17) is 5.73 Å². The Bertz CT molecular complexity index is 523. The number of carbonyl (C=O) groups excluding carboxylic acids is 1. The molecule has 0 saturated heterocycles. The van der Waals surface area contributed by atoms with E-state index in [-0.39, 0.29) is 5.56 Å². The van der Waals surface area contributed by atoms with E-state index < -0.39 is 11.7 Å². The van der Waals surface area contributed by atoms with E-state index in [9.17, 15) is 9.18 Å². The predicted octanol–water partition coefficient (Wildman–Crippen LogP) is 2.90. The summed E-state index contributed by atoms with van der Waals surface area (Å²) in [5.74, 6) is -1.03. The maximum Gasteiger partial charge on any atom is 0.248 e. The van der Waals surface area contributed by atoms with Crippen molar-refractivity contribution in [1.82, 2.24) is 0 Å². The molecule has 0 spiro atoms. The van der Waals surface area contributed by atoms with Gasteiger partial charge in [-0.1, -0.05) is 0 Å². The lowest BCUT2D eigenvalue weighted by Gasteiger charge is -1.97. The molecule has 0 aliphatic rings. The second kappa shape index (κ2) is 3.33. The van der Waals surface area contributed by atoms with Gasteiger partial charge in [-0.15, -0.1) is 11.3 Å². The molecule has 0 fully saturated rings. The van der Waals surface area contributed by atoms with Gasteiger partial charge in [0.15, 0.2) is 0 Å². The van der Waals surface area contributed by atoms with Crippen molar-refractivity contribution in [2.24, 2.45) is 5.73 Å². The van der Waals surface area contributed by atoms with Gasteiger partial charge < -0.3 is 5.73 Å². The van der Waals surface area contributed by atoms with Crippen LogP contribution >= 0.6 is 27.3 Å². The summed E-state index contributed by atoms with van der Waals surface area (Å²) >= 11 is 4.56. The predicted molar refractivity (Wildman–Crippen MR) is 58.0 cm³/mol. The van der Waals surface area contributed by atoms with E-state index in [0.717, 1.165) is 10.5 Å². The zero-order valence-corrected chi connectivity index (χ0v) is 9.28. The Labute approximate surface area is 91.7 Å². The molecule has 2 nitrogen and oxygen atoms in total. The second-order valence-corrected chi connectivity index (χ2v) is 4.52. The average Bonchev–Trinajstić information content (AvgIpc) is 2.48. The smallest absolute Gasteiger partial charge is 0.248 e. The highest BCUT2D eigenvalue weighted by Crippen LogP contribution is 2.32. The maximum atomic E-state index is 13.4. The van der Waals surface area contributed by atoms with Crippen LogP contribution in [0.3, 0.4) is 0 Å². The molecule has 0 saturated carbocycles. The van der Waals surface area contributed by atoms with Crippen molar-refractivity contribution in [2.75, 3.05) is 0 Å². The number of hydrogen-bond donors (Lipinski definition) is 1. The molecule has 1 aromatic carbocycles. The monoisotopic (exact) mass is 273 g/mol. The second-order valence-electron chi connectivity index (χ2n) is 2.78. The first-order chi connectivity index (χ1) is 6.59. The molecule has 5 heteroatoms. The number of fused-ring (bicyclic) bond motifs is 1. The molecular weight excluding hydrogens is 269 g/mol. The zero-order chi connectivity index (χ0) is 10.3. The van der Waals surface area contributed by atoms with Crippen molar-refractivity contribution >= 4 is 43.3 Å². The van der Waals surface area contributed by atoms with Gasteiger partial charge in [0.25, 0.3) is 0 Å². The SMILES string of the molecule is NC(=O)c1cc(F)c2scc(Br)c2c1. The quantitative estimate of drug-likeness (QED) is 0.853. The van der Waals surface area contributed by atoms with E-state index in [1.807, 2.05) is 0 Å². The first-order valence-electron chi connectivity index (χ1n) is 3.75. The molecule has 0 aliphatic carbocycles. The van der Waals surface area contributed by atoms with Gasteiger partial charge in [-0.2, -0.15) is 0 Å². The molecule has 2 rings (SSSR count). The summed E-state index contributed by atoms with van der Waals surface area (Å²) in [5, 5.41) is 2.46. The third kappa shape index (κ3) is 1.42. The summed E-state index contributed by atoms with van der Waals surface area (Å²) in [6, 6.07) is 2.74. The highest BCUT2D eigenvalue weighted by atomic mass is 79.9. The Kier molecular flexibility index (Phi) is 2.28. The minimum Gasteiger partial charge on any atom is -0.366 e. The maximum absolute atomic E-state index is 13.4. The highest BCUT2D eigenvalue weighted by Gasteiger charge is 2.11. The Morgan fingerprint density at radius 3 is 2.86 bits per heavy atom. The number of amides is 1. The van der Waals surface area contributed by atoms with Gasteiger partial charge in [-0.05, 0) is 28.1 Å². The van der Waals surface area contributed by atoms with Crippen LogP contribution in [0, 0.1) is 5.82 Å². The van der Waals surface area contributed by atoms with E-state index >= 15 is 0 Å². The van der Waals surface area contributed by atoms with Crippen LogP contribution in [0.2, 0.25) is 0 Å². The van der Waals surface area contributed by atoms with Gasteiger partial charge in [0, 0.05) is 20.8 Å². The number of primary amides is 1. The van der Waals surface area contributed by atoms with Crippen LogP contribution in [-0.4, -0.2) is 5.91 Å². The summed E-state index contributed by atoms with van der Waals surface area (Å²) in [5.41, 5.74) is 5.26. The number of hydrogen-bond acceptors (Lipinski definition) is 2. The summed E-state index contributed by atoms with van der Waals surface area (Å²) < 4.78 is 14.7. The standard InChI is InChI=1S/C9H5BrFNOS/c10-6-3-14-8-5(6)1-4(9(12)13)2-7(8)11/h1-3H,(H2,12,13). The number of carbonyl (C=O) groups is 1. The Hall–Kier alpha value is -0.940. The van der Waals surface area contributed by atoms with Crippen LogP contribution < -0.4 is 5.73 Å². The fourth-order valence-electron chi connectivity index (χ4n) is 1.21. The van der Waals surface area contributed by atoms with Gasteiger partial charge in [0.2, 0.25) is 5.91 Å². The average molecular weight is 274 g/mol. The van der Waals surface area contributed by atoms with Gasteiger partial charge in [-0.3, -0.25) is 4.79 Å². The fraction of sp³-hybridized carbons (Fsp3) is 0. The molecule has 0 aliphatic heterocycles. The van der Waals surface area contributed by atoms with Crippen LogP contribution in [0.4, 0.5) is 4.39 Å². The molecule has 0 atom stereocenters. The zero-order valence-electron chi connectivity index (χ0n) is 6.88. The van der Waals surface area contributed by atoms with E-state index in [1.54, 1.807) is 11.4 Å². The summed E-state index contributed by atoms with van der Waals surface area (Å²) in [6.45, 7) is 0. The van der Waals surface area contributed by atoms with Crippen molar-refractivity contribution in [1.29, 1.82) is 0 Å². The third-order valence-electron chi connectivity index (χ3n) is 1.87. The summed E-state index contributed by atoms with van der Waals surface area (Å²) in [6.07, 6.45) is 0. The number of nitrogens with two attached hydrogens (primary N) is 1. The molecule has 0 bridgehead atoms. The molecule has 14 heavy (non-hydrogen) atoms. The lowest BCUT2D eigenvalue weighted by molar-refractivity contribution is 0.1000. The number of benzene rings is 1. The molecule has 0 radical (unpaired) electrons. The largest absolute Gasteiger partial charge is 0.366 e. The van der Waals surface area contributed by atoms with E-state index in [2.05, 4.69) is 15.9 Å². The topological polar surface area (TPSA) is 43.1 Å². The third-order valence-corrected chi connectivity index (χ3v) is 3.83. The van der Waals surface area contributed by atoms with Gasteiger partial charge in [0.1, 0.15) is 5.82 Å². The van der Waals surface area contributed by atoms with Crippen molar-refractivity contribution < 1.29 is 9.18 Å². The molecular formula is C9H5BrFNOS. The van der Waals surface area contributed by atoms with Crippen LogP contribution in [0.5, 0.6) is 0 Å². The van der Waals surface area contributed by atoms with Crippen molar-refractivity contribution in [2.45, 2.75) is 0 Å². The highest BCUT2D eigenvalue weighted by molar-refractivity contribution is 9.10. The molecule has 1 amide bonds. The number of rotatable bonds is 1. The molecule has 1 aromatic heterocycles. The van der Waals surface area contributed by atoms with Gasteiger partial charge in [-0.25, -0.2) is 4.39 Å². The van der Waals surface area contributed by atoms with Gasteiger partial charge >= 0.3 is 0 Å². The molecule has 0 unspecified atom stereocenters. The molecule has 2 N–H and O–H groups in total. The Morgan fingerprint density at radius 1 is 1.50 bits per heavy atom. The minimum atomic E-state index is -0.621. The molecule has 1 heterocycles. The molecule has 2 aromatic rings. The normalized spacial score (nSPS) is 10.7. The van der Waals surface area contributed by atoms with Gasteiger partial charge in [0.05, 0.1) is 4.70 Å². The Balaban J connectivity index is 2.82. The van der Waals surface area contributed by atoms with Crippen LogP contribution in [0.1, 0.15) is 10.4 Å². The number of thiophene rings is 1. The fourth-order valence-corrected chi connectivity index (χ4v) is 2.75. The van der Waals surface area contributed by atoms with Crippen molar-refractivity contribution in [3.05, 3.63) is 33.4 Å². The summed E-state index contributed by atoms with van der Waals surface area (Å²) in [4.78, 5) is 10.9. The Morgan fingerprint density at radius 2 is 2.21 bits per heavy atom. The lowest BCUT2D eigenvalue weighted by atomic mass is 10.1. The van der Waals surface area contributed by atoms with Crippen LogP contribution in [0.25, 0.3) is 10.1 Å². The summed E-state index contributed by atoms with van der Waals surface area (Å²) in [7, 11) is 0. The van der Waals surface area contributed by atoms with Crippen molar-refractivity contribution in [3.8, 4) is 0 Å². The first kappa shape index (κ1) is 9.61. The lowest BCUT2D eigenvalue weighted by Crippen LogP contribution is -2.10.